The predicted molar refractivity (Wildman–Crippen MR) is 118 cm³/mol. The molecule has 0 spiro atoms. The largest absolute Gasteiger partial charge is 0.489 e. The van der Waals surface area contributed by atoms with E-state index in [1.54, 1.807) is 0 Å². The number of carbonyl (C=O) groups is 1. The summed E-state index contributed by atoms with van der Waals surface area (Å²) >= 11 is 0. The van der Waals surface area contributed by atoms with Crippen molar-refractivity contribution in [2.75, 3.05) is 17.2 Å². The van der Waals surface area contributed by atoms with Crippen molar-refractivity contribution < 1.29 is 9.53 Å². The highest BCUT2D eigenvalue weighted by Crippen LogP contribution is 2.20. The Hall–Kier alpha value is -3.79. The zero-order valence-corrected chi connectivity index (χ0v) is 16.0. The van der Waals surface area contributed by atoms with E-state index in [9.17, 15) is 4.79 Å². The number of amides is 1. The first-order valence-electron chi connectivity index (χ1n) is 9.56. The van der Waals surface area contributed by atoms with Crippen LogP contribution in [0.25, 0.3) is 10.8 Å². The molecule has 0 saturated heterocycles. The summed E-state index contributed by atoms with van der Waals surface area (Å²) in [5, 5.41) is 8.33. The fourth-order valence-corrected chi connectivity index (χ4v) is 3.09. The monoisotopic (exact) mass is 382 g/mol. The van der Waals surface area contributed by atoms with E-state index < -0.39 is 0 Å². The molecule has 0 saturated carbocycles. The van der Waals surface area contributed by atoms with Crippen molar-refractivity contribution in [3.63, 3.8) is 0 Å². The minimum atomic E-state index is -0.101. The van der Waals surface area contributed by atoms with Gasteiger partial charge in [-0.1, -0.05) is 66.7 Å². The molecular weight excluding hydrogens is 360 g/mol. The van der Waals surface area contributed by atoms with Gasteiger partial charge in [0.2, 0.25) is 5.91 Å². The van der Waals surface area contributed by atoms with Crippen LogP contribution in [-0.2, 0) is 11.4 Å². The van der Waals surface area contributed by atoms with Crippen LogP contribution in [-0.4, -0.2) is 12.5 Å². The number of fused-ring (bicyclic) bond motifs is 1. The van der Waals surface area contributed by atoms with E-state index in [1.807, 2.05) is 91.0 Å². The summed E-state index contributed by atoms with van der Waals surface area (Å²) in [7, 11) is 0. The molecule has 0 aliphatic carbocycles. The predicted octanol–water partition coefficient (Wildman–Crippen LogP) is 5.47. The molecule has 2 N–H and O–H groups in total. The fraction of sp³-hybridized carbons (Fsp3) is 0.0800. The molecule has 4 heteroatoms. The summed E-state index contributed by atoms with van der Waals surface area (Å²) < 4.78 is 5.84. The van der Waals surface area contributed by atoms with Crippen LogP contribution in [0, 0.1) is 0 Å². The maximum Gasteiger partial charge on any atom is 0.243 e. The summed E-state index contributed by atoms with van der Waals surface area (Å²) in [5.74, 6) is 0.657. The highest BCUT2D eigenvalue weighted by molar-refractivity contribution is 5.96. The Labute approximate surface area is 170 Å². The van der Waals surface area contributed by atoms with E-state index in [0.717, 1.165) is 33.5 Å². The maximum absolute atomic E-state index is 12.3. The molecule has 144 valence electrons. The van der Waals surface area contributed by atoms with Gasteiger partial charge in [-0.3, -0.25) is 4.79 Å². The van der Waals surface area contributed by atoms with Crippen LogP contribution in [0.15, 0.2) is 97.1 Å². The van der Waals surface area contributed by atoms with E-state index in [0.29, 0.717) is 6.61 Å². The van der Waals surface area contributed by atoms with E-state index >= 15 is 0 Å². The minimum absolute atomic E-state index is 0.101. The van der Waals surface area contributed by atoms with Crippen LogP contribution >= 0.6 is 0 Å². The summed E-state index contributed by atoms with van der Waals surface area (Å²) in [4.78, 5) is 12.3. The van der Waals surface area contributed by atoms with Crippen molar-refractivity contribution in [1.29, 1.82) is 0 Å². The molecular formula is C25H22N2O2. The molecule has 29 heavy (non-hydrogen) atoms. The molecule has 0 fully saturated rings. The third-order valence-corrected chi connectivity index (χ3v) is 4.57. The van der Waals surface area contributed by atoms with Gasteiger partial charge in [-0.05, 0) is 40.6 Å². The van der Waals surface area contributed by atoms with Gasteiger partial charge in [-0.25, -0.2) is 0 Å². The number of nitrogens with one attached hydrogen (secondary N) is 2. The second-order valence-corrected chi connectivity index (χ2v) is 6.77. The number of hydrogen-bond donors (Lipinski definition) is 2. The number of carbonyl (C=O) groups excluding carboxylic acids is 1. The first kappa shape index (κ1) is 18.6. The third-order valence-electron chi connectivity index (χ3n) is 4.57. The molecule has 1 amide bonds. The topological polar surface area (TPSA) is 50.4 Å². The number of benzene rings is 4. The lowest BCUT2D eigenvalue weighted by Gasteiger charge is -2.11. The molecule has 4 aromatic carbocycles. The lowest BCUT2D eigenvalue weighted by molar-refractivity contribution is -0.114. The Balaban J connectivity index is 1.31. The van der Waals surface area contributed by atoms with E-state index in [4.69, 9.17) is 4.74 Å². The van der Waals surface area contributed by atoms with Gasteiger partial charge < -0.3 is 15.4 Å². The first-order valence-corrected chi connectivity index (χ1v) is 9.56. The van der Waals surface area contributed by atoms with Gasteiger partial charge in [0, 0.05) is 17.4 Å². The van der Waals surface area contributed by atoms with Crippen LogP contribution in [0.1, 0.15) is 5.56 Å². The molecule has 4 nitrogen and oxygen atoms in total. The number of ether oxygens (including phenoxy) is 1. The Bertz CT molecular complexity index is 1110. The third kappa shape index (κ3) is 5.14. The van der Waals surface area contributed by atoms with Crippen molar-refractivity contribution >= 4 is 28.1 Å². The van der Waals surface area contributed by atoms with Gasteiger partial charge in [0.05, 0.1) is 6.54 Å². The second-order valence-electron chi connectivity index (χ2n) is 6.77. The van der Waals surface area contributed by atoms with Gasteiger partial charge in [0.25, 0.3) is 0 Å². The van der Waals surface area contributed by atoms with E-state index in [1.165, 1.54) is 0 Å². The highest BCUT2D eigenvalue weighted by atomic mass is 16.5. The molecule has 0 aliphatic rings. The van der Waals surface area contributed by atoms with Gasteiger partial charge in [0.15, 0.2) is 0 Å². The van der Waals surface area contributed by atoms with Crippen molar-refractivity contribution in [2.24, 2.45) is 0 Å². The lowest BCUT2D eigenvalue weighted by atomic mass is 10.1. The normalized spacial score (nSPS) is 10.5. The smallest absolute Gasteiger partial charge is 0.243 e. The summed E-state index contributed by atoms with van der Waals surface area (Å²) in [6, 6.07) is 31.6. The standard InChI is InChI=1S/C25H22N2O2/c28-25(27-23-14-13-20-9-4-5-10-21(20)15-23)17-26-22-11-6-12-24(16-22)29-18-19-7-2-1-3-8-19/h1-16,26H,17-18H2,(H,27,28). The maximum atomic E-state index is 12.3. The highest BCUT2D eigenvalue weighted by Gasteiger charge is 2.04. The molecule has 0 atom stereocenters. The SMILES string of the molecule is O=C(CNc1cccc(OCc2ccccc2)c1)Nc1ccc2ccccc2c1. The van der Waals surface area contributed by atoms with Gasteiger partial charge in [-0.15, -0.1) is 0 Å². The Morgan fingerprint density at radius 1 is 0.724 bits per heavy atom. The van der Waals surface area contributed by atoms with Crippen molar-refractivity contribution in [1.82, 2.24) is 0 Å². The first-order chi connectivity index (χ1) is 14.3. The van der Waals surface area contributed by atoms with Gasteiger partial charge in [0.1, 0.15) is 12.4 Å². The number of rotatable bonds is 7. The van der Waals surface area contributed by atoms with E-state index in [2.05, 4.69) is 16.7 Å². The van der Waals surface area contributed by atoms with Crippen molar-refractivity contribution in [3.8, 4) is 5.75 Å². The molecule has 0 bridgehead atoms. The van der Waals surface area contributed by atoms with E-state index in [-0.39, 0.29) is 12.5 Å². The van der Waals surface area contributed by atoms with Crippen molar-refractivity contribution in [3.05, 3.63) is 103 Å². The molecule has 0 aliphatic heterocycles. The van der Waals surface area contributed by atoms with Gasteiger partial charge in [-0.2, -0.15) is 0 Å². The molecule has 0 aromatic heterocycles. The Kier molecular flexibility index (Phi) is 5.72. The van der Waals surface area contributed by atoms with Crippen molar-refractivity contribution in [2.45, 2.75) is 6.61 Å². The van der Waals surface area contributed by atoms with Gasteiger partial charge >= 0.3 is 0 Å². The molecule has 0 heterocycles. The average molecular weight is 382 g/mol. The zero-order valence-electron chi connectivity index (χ0n) is 16.0. The summed E-state index contributed by atoms with van der Waals surface area (Å²) in [6.45, 7) is 0.682. The lowest BCUT2D eigenvalue weighted by Crippen LogP contribution is -2.21. The zero-order chi connectivity index (χ0) is 19.9. The summed E-state index contributed by atoms with van der Waals surface area (Å²) in [5.41, 5.74) is 2.74. The minimum Gasteiger partial charge on any atom is -0.489 e. The summed E-state index contributed by atoms with van der Waals surface area (Å²) in [6.07, 6.45) is 0. The van der Waals surface area contributed by atoms with Crippen LogP contribution in [0.5, 0.6) is 5.75 Å². The Morgan fingerprint density at radius 2 is 1.52 bits per heavy atom. The molecule has 4 rings (SSSR count). The number of anilines is 2. The Morgan fingerprint density at radius 3 is 2.38 bits per heavy atom. The fourth-order valence-electron chi connectivity index (χ4n) is 3.09. The second kappa shape index (κ2) is 8.93. The van der Waals surface area contributed by atoms with Crippen LogP contribution < -0.4 is 15.4 Å². The quantitative estimate of drug-likeness (QED) is 0.446. The molecule has 0 unspecified atom stereocenters. The molecule has 4 aromatic rings. The molecule has 0 radical (unpaired) electrons. The van der Waals surface area contributed by atoms with Crippen LogP contribution in [0.4, 0.5) is 11.4 Å². The van der Waals surface area contributed by atoms with Crippen LogP contribution in [0.2, 0.25) is 0 Å². The number of hydrogen-bond acceptors (Lipinski definition) is 3. The van der Waals surface area contributed by atoms with Crippen LogP contribution in [0.3, 0.4) is 0 Å². The average Bonchev–Trinajstić information content (AvgIpc) is 2.77.